The SMILES string of the molecule is COc1ccc(Cc2nnc(NC(=O)[C@@H]3CC34CCC4)s2)cc1OC. The number of rotatable bonds is 6. The number of hydrogen-bond donors (Lipinski definition) is 1. The van der Waals surface area contributed by atoms with Gasteiger partial charge in [0.2, 0.25) is 11.0 Å². The molecule has 25 heavy (non-hydrogen) atoms. The van der Waals surface area contributed by atoms with Crippen LogP contribution in [0.25, 0.3) is 0 Å². The van der Waals surface area contributed by atoms with Crippen LogP contribution in [0.15, 0.2) is 18.2 Å². The number of carbonyl (C=O) groups excluding carboxylic acids is 1. The van der Waals surface area contributed by atoms with E-state index in [9.17, 15) is 4.79 Å². The molecule has 1 atom stereocenters. The lowest BCUT2D eigenvalue weighted by Crippen LogP contribution is -2.23. The van der Waals surface area contributed by atoms with Crippen molar-refractivity contribution in [2.24, 2.45) is 11.3 Å². The van der Waals surface area contributed by atoms with E-state index in [2.05, 4.69) is 15.5 Å². The predicted octanol–water partition coefficient (Wildman–Crippen LogP) is 3.27. The molecule has 1 aromatic carbocycles. The molecule has 0 bridgehead atoms. The van der Waals surface area contributed by atoms with Gasteiger partial charge in [0.15, 0.2) is 11.5 Å². The van der Waals surface area contributed by atoms with Gasteiger partial charge in [-0.1, -0.05) is 23.8 Å². The van der Waals surface area contributed by atoms with Gasteiger partial charge >= 0.3 is 0 Å². The van der Waals surface area contributed by atoms with Crippen molar-refractivity contribution in [3.8, 4) is 11.5 Å². The summed E-state index contributed by atoms with van der Waals surface area (Å²) in [4.78, 5) is 12.3. The highest BCUT2D eigenvalue weighted by atomic mass is 32.1. The molecule has 2 aromatic rings. The summed E-state index contributed by atoms with van der Waals surface area (Å²) < 4.78 is 10.6. The summed E-state index contributed by atoms with van der Waals surface area (Å²) in [6.07, 6.45) is 5.34. The zero-order valence-electron chi connectivity index (χ0n) is 14.4. The molecule has 132 valence electrons. The lowest BCUT2D eigenvalue weighted by Gasteiger charge is -2.26. The maximum absolute atomic E-state index is 12.3. The molecule has 0 aliphatic heterocycles. The van der Waals surface area contributed by atoms with Crippen LogP contribution in [0, 0.1) is 11.3 Å². The molecule has 2 saturated carbocycles. The molecular formula is C18H21N3O3S. The fourth-order valence-corrected chi connectivity index (χ4v) is 4.41. The Morgan fingerprint density at radius 1 is 1.28 bits per heavy atom. The van der Waals surface area contributed by atoms with Crippen molar-refractivity contribution in [1.82, 2.24) is 10.2 Å². The molecular weight excluding hydrogens is 338 g/mol. The van der Waals surface area contributed by atoms with E-state index >= 15 is 0 Å². The smallest absolute Gasteiger partial charge is 0.229 e. The topological polar surface area (TPSA) is 73.3 Å². The monoisotopic (exact) mass is 359 g/mol. The van der Waals surface area contributed by atoms with Gasteiger partial charge in [-0.25, -0.2) is 0 Å². The summed E-state index contributed by atoms with van der Waals surface area (Å²) >= 11 is 1.42. The molecule has 4 rings (SSSR count). The molecule has 1 heterocycles. The van der Waals surface area contributed by atoms with E-state index in [0.717, 1.165) is 17.0 Å². The molecule has 1 aromatic heterocycles. The van der Waals surface area contributed by atoms with Gasteiger partial charge in [0, 0.05) is 12.3 Å². The van der Waals surface area contributed by atoms with Gasteiger partial charge in [0.1, 0.15) is 5.01 Å². The molecule has 0 radical (unpaired) electrons. The molecule has 2 aliphatic rings. The fraction of sp³-hybridized carbons (Fsp3) is 0.500. The molecule has 1 N–H and O–H groups in total. The van der Waals surface area contributed by atoms with E-state index in [1.807, 2.05) is 18.2 Å². The lowest BCUT2D eigenvalue weighted by molar-refractivity contribution is -0.118. The molecule has 2 fully saturated rings. The van der Waals surface area contributed by atoms with Crippen molar-refractivity contribution in [1.29, 1.82) is 0 Å². The van der Waals surface area contributed by atoms with Gasteiger partial charge < -0.3 is 14.8 Å². The third-order valence-corrected chi connectivity index (χ3v) is 6.19. The average molecular weight is 359 g/mol. The Bertz CT molecular complexity index is 801. The number of nitrogens with zero attached hydrogens (tertiary/aromatic N) is 2. The number of amides is 1. The first-order valence-corrected chi connectivity index (χ1v) is 9.29. The van der Waals surface area contributed by atoms with Gasteiger partial charge in [-0.05, 0) is 42.4 Å². The average Bonchev–Trinajstić information content (AvgIpc) is 3.24. The van der Waals surface area contributed by atoms with Crippen LogP contribution in [0.1, 0.15) is 36.3 Å². The second-order valence-corrected chi connectivity index (χ2v) is 7.89. The first kappa shape index (κ1) is 16.3. The summed E-state index contributed by atoms with van der Waals surface area (Å²) in [5.41, 5.74) is 1.39. The number of carbonyl (C=O) groups is 1. The number of ether oxygens (including phenoxy) is 2. The summed E-state index contributed by atoms with van der Waals surface area (Å²) in [6, 6.07) is 5.79. The molecule has 2 aliphatic carbocycles. The van der Waals surface area contributed by atoms with Gasteiger partial charge in [-0.2, -0.15) is 0 Å². The van der Waals surface area contributed by atoms with E-state index in [1.165, 1.54) is 30.6 Å². The van der Waals surface area contributed by atoms with Crippen LogP contribution < -0.4 is 14.8 Å². The van der Waals surface area contributed by atoms with Crippen molar-refractivity contribution in [2.75, 3.05) is 19.5 Å². The summed E-state index contributed by atoms with van der Waals surface area (Å²) in [5, 5.41) is 12.7. The molecule has 7 heteroatoms. The van der Waals surface area contributed by atoms with Crippen molar-refractivity contribution >= 4 is 22.4 Å². The van der Waals surface area contributed by atoms with E-state index < -0.39 is 0 Å². The third-order valence-electron chi connectivity index (χ3n) is 5.36. The minimum Gasteiger partial charge on any atom is -0.493 e. The highest BCUT2D eigenvalue weighted by Gasteiger charge is 2.60. The fourth-order valence-electron chi connectivity index (χ4n) is 3.64. The minimum atomic E-state index is 0.105. The minimum absolute atomic E-state index is 0.105. The first-order valence-electron chi connectivity index (χ1n) is 8.48. The number of hydrogen-bond acceptors (Lipinski definition) is 6. The number of nitrogens with one attached hydrogen (secondary N) is 1. The number of aromatic nitrogens is 2. The first-order chi connectivity index (χ1) is 12.1. The summed E-state index contributed by atoms with van der Waals surface area (Å²) in [5.74, 6) is 1.68. The van der Waals surface area contributed by atoms with Gasteiger partial charge in [0.05, 0.1) is 14.2 Å². The van der Waals surface area contributed by atoms with Crippen LogP contribution in [0.2, 0.25) is 0 Å². The molecule has 1 spiro atoms. The second kappa shape index (κ2) is 6.29. The molecule has 6 nitrogen and oxygen atoms in total. The molecule has 0 saturated heterocycles. The third kappa shape index (κ3) is 3.08. The Kier molecular flexibility index (Phi) is 4.11. The number of anilines is 1. The zero-order chi connectivity index (χ0) is 17.4. The molecule has 1 amide bonds. The maximum atomic E-state index is 12.3. The number of methoxy groups -OCH3 is 2. The van der Waals surface area contributed by atoms with E-state index in [4.69, 9.17) is 9.47 Å². The van der Waals surface area contributed by atoms with Crippen molar-refractivity contribution < 1.29 is 14.3 Å². The van der Waals surface area contributed by atoms with Crippen molar-refractivity contribution in [3.63, 3.8) is 0 Å². The van der Waals surface area contributed by atoms with Crippen LogP contribution in [0.3, 0.4) is 0 Å². The summed E-state index contributed by atoms with van der Waals surface area (Å²) in [6.45, 7) is 0. The highest BCUT2D eigenvalue weighted by Crippen LogP contribution is 2.65. The van der Waals surface area contributed by atoms with Crippen LogP contribution in [-0.4, -0.2) is 30.3 Å². The standard InChI is InChI=1S/C18H21N3O3S/c1-23-13-5-4-11(8-14(13)24-2)9-15-20-21-17(25-15)19-16(22)12-10-18(12)6-3-7-18/h4-5,8,12H,3,6-7,9-10H2,1-2H3,(H,19,21,22)/t12-/m0/s1. The maximum Gasteiger partial charge on any atom is 0.229 e. The Labute approximate surface area is 150 Å². The van der Waals surface area contributed by atoms with Crippen molar-refractivity contribution in [3.05, 3.63) is 28.8 Å². The van der Waals surface area contributed by atoms with Crippen LogP contribution in [-0.2, 0) is 11.2 Å². The van der Waals surface area contributed by atoms with E-state index in [-0.39, 0.29) is 11.8 Å². The van der Waals surface area contributed by atoms with E-state index in [1.54, 1.807) is 14.2 Å². The largest absolute Gasteiger partial charge is 0.493 e. The van der Waals surface area contributed by atoms with Gasteiger partial charge in [-0.3, -0.25) is 4.79 Å². The Morgan fingerprint density at radius 3 is 2.72 bits per heavy atom. The zero-order valence-corrected chi connectivity index (χ0v) is 15.2. The van der Waals surface area contributed by atoms with Crippen LogP contribution >= 0.6 is 11.3 Å². The molecule has 0 unspecified atom stereocenters. The van der Waals surface area contributed by atoms with Crippen molar-refractivity contribution in [2.45, 2.75) is 32.1 Å². The van der Waals surface area contributed by atoms with Gasteiger partial charge in [-0.15, -0.1) is 10.2 Å². The summed E-state index contributed by atoms with van der Waals surface area (Å²) in [7, 11) is 3.23. The Hall–Kier alpha value is -2.15. The second-order valence-electron chi connectivity index (χ2n) is 6.83. The Balaban J connectivity index is 1.39. The van der Waals surface area contributed by atoms with Gasteiger partial charge in [0.25, 0.3) is 0 Å². The quantitative estimate of drug-likeness (QED) is 0.857. The predicted molar refractivity (Wildman–Crippen MR) is 95.3 cm³/mol. The van der Waals surface area contributed by atoms with Crippen LogP contribution in [0.5, 0.6) is 11.5 Å². The normalized spacial score (nSPS) is 20.0. The Morgan fingerprint density at radius 2 is 2.08 bits per heavy atom. The number of benzene rings is 1. The lowest BCUT2D eigenvalue weighted by atomic mass is 9.80. The van der Waals surface area contributed by atoms with E-state index in [0.29, 0.717) is 28.5 Å². The van der Waals surface area contributed by atoms with Crippen LogP contribution in [0.4, 0.5) is 5.13 Å². The highest BCUT2D eigenvalue weighted by molar-refractivity contribution is 7.15.